The summed E-state index contributed by atoms with van der Waals surface area (Å²) in [6.07, 6.45) is 11.2. The van der Waals surface area contributed by atoms with Crippen molar-refractivity contribution in [3.63, 3.8) is 0 Å². The van der Waals surface area contributed by atoms with E-state index in [0.717, 1.165) is 43.5 Å². The molecule has 0 spiro atoms. The van der Waals surface area contributed by atoms with Crippen LogP contribution in [0.25, 0.3) is 11.0 Å². The predicted octanol–water partition coefficient (Wildman–Crippen LogP) is 4.75. The smallest absolute Gasteiger partial charge is 0.333 e. The second-order valence-corrected chi connectivity index (χ2v) is 14.4. The van der Waals surface area contributed by atoms with Gasteiger partial charge in [-0.2, -0.15) is 11.8 Å². The van der Waals surface area contributed by atoms with Crippen molar-refractivity contribution in [1.82, 2.24) is 24.8 Å². The minimum absolute atomic E-state index is 0.0308. The summed E-state index contributed by atoms with van der Waals surface area (Å²) in [5, 5.41) is 7.05. The van der Waals surface area contributed by atoms with Gasteiger partial charge in [-0.05, 0) is 111 Å². The first-order valence-electron chi connectivity index (χ1n) is 15.9. The number of nitrogens with one attached hydrogen (secondary N) is 2. The van der Waals surface area contributed by atoms with E-state index in [2.05, 4.69) is 21.7 Å². The number of hydrogen-bond donors (Lipinski definition) is 2. The van der Waals surface area contributed by atoms with E-state index in [0.29, 0.717) is 42.7 Å². The van der Waals surface area contributed by atoms with Gasteiger partial charge in [0, 0.05) is 36.3 Å². The number of pyridine rings is 1. The highest BCUT2D eigenvalue weighted by atomic mass is 32.2. The Balaban J connectivity index is 1.06. The fourth-order valence-electron chi connectivity index (χ4n) is 8.01. The fraction of sp³-hybridized carbons (Fsp3) is 0.576. The Hall–Kier alpha value is -2.98. The predicted molar refractivity (Wildman–Crippen MR) is 167 cm³/mol. The molecule has 5 aliphatic rings. The number of hydrogen-bond acceptors (Lipinski definition) is 6. The van der Waals surface area contributed by atoms with Crippen molar-refractivity contribution >= 4 is 28.7 Å². The third-order valence-corrected chi connectivity index (χ3v) is 11.5. The SMILES string of the molecule is O=C(NC1CCC(n2c(=O)c3cc(F)cnc3n(C3CCSCC3)c2=O)CC1)c1cccc(CC23CCC(CC2)NC3)c1. The molecular formula is C33H40FN5O3S. The third kappa shape index (κ3) is 5.68. The molecule has 3 aromatic rings. The van der Waals surface area contributed by atoms with Crippen LogP contribution in [0.4, 0.5) is 4.39 Å². The largest absolute Gasteiger partial charge is 0.349 e. The van der Waals surface area contributed by atoms with E-state index in [1.54, 1.807) is 4.57 Å². The number of nitrogens with zero attached hydrogens (tertiary/aromatic N) is 3. The van der Waals surface area contributed by atoms with Gasteiger partial charge < -0.3 is 10.6 Å². The molecule has 2 aromatic heterocycles. The molecule has 43 heavy (non-hydrogen) atoms. The molecule has 0 unspecified atom stereocenters. The van der Waals surface area contributed by atoms with Crippen LogP contribution >= 0.6 is 11.8 Å². The van der Waals surface area contributed by atoms with E-state index < -0.39 is 11.4 Å². The highest BCUT2D eigenvalue weighted by molar-refractivity contribution is 7.99. The number of amides is 1. The minimum atomic E-state index is -0.585. The van der Waals surface area contributed by atoms with E-state index in [9.17, 15) is 18.8 Å². The molecule has 0 radical (unpaired) electrons. The minimum Gasteiger partial charge on any atom is -0.349 e. The van der Waals surface area contributed by atoms with Crippen LogP contribution in [0, 0.1) is 11.2 Å². The van der Waals surface area contributed by atoms with E-state index >= 15 is 0 Å². The first-order chi connectivity index (χ1) is 20.9. The van der Waals surface area contributed by atoms with Crippen LogP contribution in [0.5, 0.6) is 0 Å². The summed E-state index contributed by atoms with van der Waals surface area (Å²) in [7, 11) is 0. The molecule has 2 saturated carbocycles. The molecule has 3 aliphatic heterocycles. The first-order valence-corrected chi connectivity index (χ1v) is 17.1. The Morgan fingerprint density at radius 2 is 1.74 bits per heavy atom. The van der Waals surface area contributed by atoms with Crippen molar-refractivity contribution in [3.8, 4) is 0 Å². The van der Waals surface area contributed by atoms with Crippen molar-refractivity contribution in [2.75, 3.05) is 18.1 Å². The van der Waals surface area contributed by atoms with Gasteiger partial charge >= 0.3 is 5.69 Å². The average Bonchev–Trinajstić information content (AvgIpc) is 3.03. The Kier molecular flexibility index (Phi) is 7.92. The van der Waals surface area contributed by atoms with Crippen LogP contribution in [0.3, 0.4) is 0 Å². The monoisotopic (exact) mass is 605 g/mol. The zero-order valence-electron chi connectivity index (χ0n) is 24.5. The summed E-state index contributed by atoms with van der Waals surface area (Å²) >= 11 is 1.86. The fourth-order valence-corrected chi connectivity index (χ4v) is 9.09. The number of rotatable bonds is 6. The molecule has 1 aromatic carbocycles. The molecule has 2 bridgehead atoms. The molecule has 228 valence electrons. The van der Waals surface area contributed by atoms with Gasteiger partial charge in [0.05, 0.1) is 11.6 Å². The zero-order valence-corrected chi connectivity index (χ0v) is 25.3. The lowest BCUT2D eigenvalue weighted by atomic mass is 9.66. The molecule has 1 amide bonds. The number of piperidine rings is 2. The number of carbonyl (C=O) groups is 1. The average molecular weight is 606 g/mol. The van der Waals surface area contributed by atoms with E-state index in [-0.39, 0.29) is 40.8 Å². The van der Waals surface area contributed by atoms with Crippen molar-refractivity contribution in [3.05, 3.63) is 74.3 Å². The normalized spacial score (nSPS) is 27.8. The Morgan fingerprint density at radius 1 is 1.00 bits per heavy atom. The number of aromatic nitrogens is 3. The van der Waals surface area contributed by atoms with Gasteiger partial charge in [-0.1, -0.05) is 12.1 Å². The van der Waals surface area contributed by atoms with Crippen LogP contribution < -0.4 is 21.9 Å². The summed E-state index contributed by atoms with van der Waals surface area (Å²) in [5.41, 5.74) is 1.66. The van der Waals surface area contributed by atoms with Crippen LogP contribution in [0.1, 0.15) is 92.2 Å². The molecule has 8 rings (SSSR count). The summed E-state index contributed by atoms with van der Waals surface area (Å²) in [6, 6.07) is 9.56. The van der Waals surface area contributed by atoms with Gasteiger partial charge in [-0.3, -0.25) is 18.7 Å². The van der Waals surface area contributed by atoms with Crippen molar-refractivity contribution < 1.29 is 9.18 Å². The van der Waals surface area contributed by atoms with Crippen LogP contribution in [0.15, 0.2) is 46.1 Å². The van der Waals surface area contributed by atoms with E-state index in [1.807, 2.05) is 30.0 Å². The van der Waals surface area contributed by atoms with Gasteiger partial charge in [0.2, 0.25) is 0 Å². The van der Waals surface area contributed by atoms with Crippen LogP contribution in [0.2, 0.25) is 0 Å². The molecule has 10 heteroatoms. The van der Waals surface area contributed by atoms with Crippen LogP contribution in [-0.4, -0.2) is 50.2 Å². The van der Waals surface area contributed by atoms with Gasteiger partial charge in [-0.25, -0.2) is 14.2 Å². The van der Waals surface area contributed by atoms with Gasteiger partial charge in [0.1, 0.15) is 11.5 Å². The lowest BCUT2D eigenvalue weighted by Crippen LogP contribution is -2.52. The number of carbonyl (C=O) groups excluding carboxylic acids is 1. The summed E-state index contributed by atoms with van der Waals surface area (Å²) in [4.78, 5) is 44.9. The molecular weight excluding hydrogens is 565 g/mol. The highest BCUT2D eigenvalue weighted by Crippen LogP contribution is 2.42. The quantitative estimate of drug-likeness (QED) is 0.421. The maximum Gasteiger partial charge on any atom is 0.333 e. The Morgan fingerprint density at radius 3 is 2.47 bits per heavy atom. The van der Waals surface area contributed by atoms with Crippen molar-refractivity contribution in [2.45, 2.75) is 94.8 Å². The van der Waals surface area contributed by atoms with E-state index in [1.165, 1.54) is 41.9 Å². The molecule has 2 N–H and O–H groups in total. The molecule has 5 fully saturated rings. The molecule has 5 heterocycles. The summed E-state index contributed by atoms with van der Waals surface area (Å²) in [6.45, 7) is 1.06. The molecule has 2 aliphatic carbocycles. The van der Waals surface area contributed by atoms with Gasteiger partial charge in [0.15, 0.2) is 0 Å². The zero-order chi connectivity index (χ0) is 29.6. The Bertz CT molecular complexity index is 1620. The second kappa shape index (κ2) is 11.8. The van der Waals surface area contributed by atoms with Crippen molar-refractivity contribution in [2.24, 2.45) is 5.41 Å². The topological polar surface area (TPSA) is 98.0 Å². The number of halogens is 1. The van der Waals surface area contributed by atoms with E-state index in [4.69, 9.17) is 0 Å². The third-order valence-electron chi connectivity index (χ3n) is 10.5. The lowest BCUT2D eigenvalue weighted by Gasteiger charge is -2.47. The second-order valence-electron chi connectivity index (χ2n) is 13.2. The molecule has 3 saturated heterocycles. The first kappa shape index (κ1) is 28.8. The summed E-state index contributed by atoms with van der Waals surface area (Å²) in [5.74, 6) is 1.21. The number of fused-ring (bicyclic) bond motifs is 4. The Labute approximate surface area is 254 Å². The highest BCUT2D eigenvalue weighted by Gasteiger charge is 2.40. The lowest BCUT2D eigenvalue weighted by molar-refractivity contribution is 0.0918. The number of thioether (sulfide) groups is 1. The molecule has 8 nitrogen and oxygen atoms in total. The summed E-state index contributed by atoms with van der Waals surface area (Å²) < 4.78 is 17.2. The van der Waals surface area contributed by atoms with Crippen molar-refractivity contribution in [1.29, 1.82) is 0 Å². The number of benzene rings is 1. The maximum atomic E-state index is 14.2. The molecule has 0 atom stereocenters. The standard InChI is InChI=1S/C33H40FN5O3S/c34-23-17-28-29(35-19-23)38(27-10-14-43-15-11-27)32(42)39(31(28)41)26-6-4-25(5-7-26)37-30(40)22-3-1-2-21(16-22)18-33-12-8-24(9-13-33)36-20-33/h1-3,16-17,19,24-27,36H,4-15,18,20H2,(H,37,40). The van der Waals surface area contributed by atoms with Gasteiger partial charge in [-0.15, -0.1) is 0 Å². The van der Waals surface area contributed by atoms with Gasteiger partial charge in [0.25, 0.3) is 11.5 Å². The maximum absolute atomic E-state index is 14.2. The van der Waals surface area contributed by atoms with Crippen LogP contribution in [-0.2, 0) is 6.42 Å².